The maximum atomic E-state index is 12.7. The molecule has 3 N–H and O–H groups in total. The molecule has 1 saturated heterocycles. The van der Waals surface area contributed by atoms with Gasteiger partial charge < -0.3 is 15.5 Å². The number of carbonyl (C=O) groups excluding carboxylic acids is 2. The molecule has 7 heteroatoms. The minimum atomic E-state index is -0.316. The predicted octanol–water partition coefficient (Wildman–Crippen LogP) is 3.46. The number of nitrogens with zero attached hydrogens (tertiary/aromatic N) is 1. The second-order valence-electron chi connectivity index (χ2n) is 6.43. The van der Waals surface area contributed by atoms with Crippen molar-refractivity contribution in [1.82, 2.24) is 10.2 Å². The maximum Gasteiger partial charge on any atom is 0.324 e. The molecule has 2 heterocycles. The van der Waals surface area contributed by atoms with Crippen LogP contribution in [0.3, 0.4) is 0 Å². The van der Waals surface area contributed by atoms with Crippen molar-refractivity contribution in [2.75, 3.05) is 37.3 Å². The summed E-state index contributed by atoms with van der Waals surface area (Å²) in [5.41, 5.74) is 0.724. The number of nitrogens with one attached hydrogen (secondary N) is 3. The van der Waals surface area contributed by atoms with Gasteiger partial charge in [0.25, 0.3) is 5.91 Å². The van der Waals surface area contributed by atoms with E-state index in [1.165, 1.54) is 11.3 Å². The fourth-order valence-electron chi connectivity index (χ4n) is 3.18. The lowest BCUT2D eigenvalue weighted by Gasteiger charge is -2.32. The van der Waals surface area contributed by atoms with Crippen LogP contribution < -0.4 is 16.0 Å². The second-order valence-corrected chi connectivity index (χ2v) is 7.51. The summed E-state index contributed by atoms with van der Waals surface area (Å²) in [7, 11) is 1.94. The Morgan fingerprint density at radius 1 is 1.15 bits per heavy atom. The smallest absolute Gasteiger partial charge is 0.324 e. The van der Waals surface area contributed by atoms with Crippen LogP contribution in [0.25, 0.3) is 0 Å². The van der Waals surface area contributed by atoms with Crippen LogP contribution in [-0.2, 0) is 0 Å². The van der Waals surface area contributed by atoms with E-state index in [0.29, 0.717) is 15.8 Å². The third-order valence-corrected chi connectivity index (χ3v) is 5.37. The molecule has 26 heavy (non-hydrogen) atoms. The van der Waals surface area contributed by atoms with E-state index in [-0.39, 0.29) is 11.9 Å². The highest BCUT2D eigenvalue weighted by Gasteiger charge is 2.25. The highest BCUT2D eigenvalue weighted by Crippen LogP contribution is 2.25. The molecule has 0 aliphatic carbocycles. The van der Waals surface area contributed by atoms with Crippen LogP contribution in [0.2, 0.25) is 0 Å². The van der Waals surface area contributed by atoms with E-state index >= 15 is 0 Å². The van der Waals surface area contributed by atoms with Crippen LogP contribution in [0.1, 0.15) is 22.5 Å². The van der Waals surface area contributed by atoms with Crippen LogP contribution in [0, 0.1) is 5.92 Å². The summed E-state index contributed by atoms with van der Waals surface area (Å²) in [5.74, 6) is 0.555. The quantitative estimate of drug-likeness (QED) is 0.752. The molecule has 0 spiro atoms. The van der Waals surface area contributed by atoms with Gasteiger partial charge in [-0.1, -0.05) is 18.2 Å². The number of anilines is 2. The molecule has 0 bridgehead atoms. The van der Waals surface area contributed by atoms with Crippen molar-refractivity contribution in [1.29, 1.82) is 0 Å². The van der Waals surface area contributed by atoms with E-state index in [1.807, 2.05) is 42.3 Å². The number of hydrogen-bond acceptors (Lipinski definition) is 4. The molecule has 3 rings (SSSR count). The standard InChI is InChI=1S/C19H24N4O2S/c1-20-12-14-6-5-11-23(13-14)18(24)16-9-10-17(26-16)22-19(25)21-15-7-3-2-4-8-15/h2-4,7-10,14,20H,5-6,11-13H2,1H3,(H2,21,22,25). The van der Waals surface area contributed by atoms with Crippen molar-refractivity contribution in [3.63, 3.8) is 0 Å². The number of para-hydroxylation sites is 1. The predicted molar refractivity (Wildman–Crippen MR) is 106 cm³/mol. The third-order valence-electron chi connectivity index (χ3n) is 4.38. The van der Waals surface area contributed by atoms with E-state index in [0.717, 1.165) is 38.2 Å². The summed E-state index contributed by atoms with van der Waals surface area (Å²) in [6.07, 6.45) is 2.19. The van der Waals surface area contributed by atoms with Crippen LogP contribution in [0.15, 0.2) is 42.5 Å². The van der Waals surface area contributed by atoms with Gasteiger partial charge in [0, 0.05) is 18.8 Å². The summed E-state index contributed by atoms with van der Waals surface area (Å²) in [6.45, 7) is 2.52. The molecule has 138 valence electrons. The van der Waals surface area contributed by atoms with Gasteiger partial charge in [0.15, 0.2) is 0 Å². The Morgan fingerprint density at radius 3 is 2.73 bits per heavy atom. The fourth-order valence-corrected chi connectivity index (χ4v) is 4.05. The lowest BCUT2D eigenvalue weighted by Crippen LogP contribution is -2.42. The molecular formula is C19H24N4O2S. The molecule has 2 aromatic rings. The Labute approximate surface area is 157 Å². The topological polar surface area (TPSA) is 73.5 Å². The first kappa shape index (κ1) is 18.4. The summed E-state index contributed by atoms with van der Waals surface area (Å²) in [5, 5.41) is 9.40. The first-order valence-corrected chi connectivity index (χ1v) is 9.64. The monoisotopic (exact) mass is 372 g/mol. The van der Waals surface area contributed by atoms with Crippen molar-refractivity contribution >= 4 is 34.0 Å². The van der Waals surface area contributed by atoms with E-state index in [1.54, 1.807) is 12.1 Å². The average molecular weight is 372 g/mol. The summed E-state index contributed by atoms with van der Waals surface area (Å²) in [4.78, 5) is 27.4. The SMILES string of the molecule is CNCC1CCCN(C(=O)c2ccc(NC(=O)Nc3ccccc3)s2)C1. The number of carbonyl (C=O) groups is 2. The number of thiophene rings is 1. The molecule has 3 amide bonds. The van der Waals surface area contributed by atoms with E-state index < -0.39 is 0 Å². The minimum Gasteiger partial charge on any atom is -0.338 e. The van der Waals surface area contributed by atoms with Gasteiger partial charge in [-0.05, 0) is 56.6 Å². The van der Waals surface area contributed by atoms with Crippen molar-refractivity contribution in [3.8, 4) is 0 Å². The van der Waals surface area contributed by atoms with Crippen LogP contribution >= 0.6 is 11.3 Å². The van der Waals surface area contributed by atoms with Gasteiger partial charge in [-0.25, -0.2) is 4.79 Å². The Kier molecular flexibility index (Phi) is 6.25. The average Bonchev–Trinajstić information content (AvgIpc) is 3.10. The molecule has 1 aromatic carbocycles. The van der Waals surface area contributed by atoms with Gasteiger partial charge in [-0.2, -0.15) is 0 Å². The van der Waals surface area contributed by atoms with Gasteiger partial charge in [0.1, 0.15) is 0 Å². The summed E-state index contributed by atoms with van der Waals surface area (Å²) >= 11 is 1.31. The zero-order valence-electron chi connectivity index (χ0n) is 14.8. The number of hydrogen-bond donors (Lipinski definition) is 3. The van der Waals surface area contributed by atoms with Crippen molar-refractivity contribution in [3.05, 3.63) is 47.3 Å². The molecule has 6 nitrogen and oxygen atoms in total. The van der Waals surface area contributed by atoms with Crippen LogP contribution in [0.5, 0.6) is 0 Å². The molecule has 0 saturated carbocycles. The van der Waals surface area contributed by atoms with E-state index in [2.05, 4.69) is 16.0 Å². The highest BCUT2D eigenvalue weighted by molar-refractivity contribution is 7.18. The number of benzene rings is 1. The molecule has 1 aliphatic rings. The largest absolute Gasteiger partial charge is 0.338 e. The Balaban J connectivity index is 1.57. The molecule has 1 aromatic heterocycles. The lowest BCUT2D eigenvalue weighted by atomic mass is 9.98. The number of rotatable bonds is 5. The first-order valence-electron chi connectivity index (χ1n) is 8.82. The van der Waals surface area contributed by atoms with Crippen molar-refractivity contribution in [2.24, 2.45) is 5.92 Å². The second kappa shape index (κ2) is 8.82. The Hall–Kier alpha value is -2.38. The summed E-state index contributed by atoms with van der Waals surface area (Å²) < 4.78 is 0. The molecular weight excluding hydrogens is 348 g/mol. The molecule has 1 aliphatic heterocycles. The number of urea groups is 1. The molecule has 1 unspecified atom stereocenters. The normalized spacial score (nSPS) is 17.0. The zero-order valence-corrected chi connectivity index (χ0v) is 15.6. The van der Waals surface area contributed by atoms with Gasteiger partial charge in [0.05, 0.1) is 9.88 Å². The van der Waals surface area contributed by atoms with Crippen LogP contribution in [-0.4, -0.2) is 43.5 Å². The molecule has 1 fully saturated rings. The summed E-state index contributed by atoms with van der Waals surface area (Å²) in [6, 6.07) is 12.5. The van der Waals surface area contributed by atoms with Gasteiger partial charge in [-0.3, -0.25) is 10.1 Å². The van der Waals surface area contributed by atoms with Crippen LogP contribution in [0.4, 0.5) is 15.5 Å². The third kappa shape index (κ3) is 4.83. The zero-order chi connectivity index (χ0) is 18.4. The molecule has 0 radical (unpaired) electrons. The lowest BCUT2D eigenvalue weighted by molar-refractivity contribution is 0.0679. The maximum absolute atomic E-state index is 12.7. The van der Waals surface area contributed by atoms with E-state index in [4.69, 9.17) is 0 Å². The first-order chi connectivity index (χ1) is 12.7. The number of amides is 3. The van der Waals surface area contributed by atoms with Gasteiger partial charge in [-0.15, -0.1) is 11.3 Å². The fraction of sp³-hybridized carbons (Fsp3) is 0.368. The highest BCUT2D eigenvalue weighted by atomic mass is 32.1. The van der Waals surface area contributed by atoms with Gasteiger partial charge in [0.2, 0.25) is 0 Å². The van der Waals surface area contributed by atoms with E-state index in [9.17, 15) is 9.59 Å². The van der Waals surface area contributed by atoms with Gasteiger partial charge >= 0.3 is 6.03 Å². The Bertz CT molecular complexity index is 745. The van der Waals surface area contributed by atoms with Crippen molar-refractivity contribution in [2.45, 2.75) is 12.8 Å². The van der Waals surface area contributed by atoms with Crippen molar-refractivity contribution < 1.29 is 9.59 Å². The molecule has 1 atom stereocenters. The Morgan fingerprint density at radius 2 is 1.96 bits per heavy atom. The number of piperidine rings is 1. The minimum absolute atomic E-state index is 0.0484. The number of likely N-dealkylation sites (tertiary alicyclic amines) is 1.